The van der Waals surface area contributed by atoms with Gasteiger partial charge in [-0.1, -0.05) is 12.1 Å². The van der Waals surface area contributed by atoms with Crippen LogP contribution >= 0.6 is 11.3 Å². The van der Waals surface area contributed by atoms with Crippen LogP contribution in [0.2, 0.25) is 0 Å². The lowest BCUT2D eigenvalue weighted by Gasteiger charge is -2.08. The first-order valence-electron chi connectivity index (χ1n) is 5.74. The zero-order valence-electron chi connectivity index (χ0n) is 9.95. The third-order valence-corrected chi connectivity index (χ3v) is 3.97. The Morgan fingerprint density at radius 1 is 1.33 bits per heavy atom. The quantitative estimate of drug-likeness (QED) is 0.785. The molecule has 1 N–H and O–H groups in total. The fraction of sp³-hybridized carbons (Fsp3) is 0.231. The van der Waals surface area contributed by atoms with Crippen molar-refractivity contribution in [2.24, 2.45) is 7.05 Å². The fourth-order valence-electron chi connectivity index (χ4n) is 1.99. The number of para-hydroxylation sites is 1. The lowest BCUT2D eigenvalue weighted by atomic mass is 10.2. The van der Waals surface area contributed by atoms with Crippen molar-refractivity contribution in [2.75, 3.05) is 0 Å². The molecule has 1 atom stereocenters. The Balaban J connectivity index is 1.86. The van der Waals surface area contributed by atoms with Gasteiger partial charge in [0.05, 0.1) is 20.9 Å². The molecule has 0 spiro atoms. The predicted molar refractivity (Wildman–Crippen MR) is 71.5 cm³/mol. The van der Waals surface area contributed by atoms with E-state index in [4.69, 9.17) is 0 Å². The van der Waals surface area contributed by atoms with Crippen LogP contribution in [0.3, 0.4) is 0 Å². The molecular formula is C13H13N3OS. The molecule has 4 nitrogen and oxygen atoms in total. The van der Waals surface area contributed by atoms with Crippen molar-refractivity contribution < 1.29 is 5.11 Å². The van der Waals surface area contributed by atoms with Gasteiger partial charge in [-0.25, -0.2) is 4.98 Å². The van der Waals surface area contributed by atoms with Crippen LogP contribution in [-0.4, -0.2) is 19.9 Å². The number of benzene rings is 1. The number of rotatable bonds is 3. The molecule has 1 unspecified atom stereocenters. The Labute approximate surface area is 109 Å². The lowest BCUT2D eigenvalue weighted by molar-refractivity contribution is 0.168. The van der Waals surface area contributed by atoms with Crippen LogP contribution < -0.4 is 0 Å². The topological polar surface area (TPSA) is 50.9 Å². The second-order valence-corrected chi connectivity index (χ2v) is 5.29. The molecule has 0 radical (unpaired) electrons. The van der Waals surface area contributed by atoms with Crippen molar-refractivity contribution in [3.63, 3.8) is 0 Å². The molecule has 5 heteroatoms. The van der Waals surface area contributed by atoms with Gasteiger partial charge < -0.3 is 5.11 Å². The first-order chi connectivity index (χ1) is 8.74. The summed E-state index contributed by atoms with van der Waals surface area (Å²) in [6.45, 7) is 0. The molecule has 0 aliphatic rings. The van der Waals surface area contributed by atoms with E-state index >= 15 is 0 Å². The molecule has 92 valence electrons. The highest BCUT2D eigenvalue weighted by molar-refractivity contribution is 7.18. The SMILES string of the molecule is Cn1nccc1C(O)Cc1nc2ccccc2s1. The minimum atomic E-state index is -0.557. The molecule has 2 aromatic heterocycles. The van der Waals surface area contributed by atoms with Gasteiger partial charge in [-0.15, -0.1) is 11.3 Å². The van der Waals surface area contributed by atoms with E-state index in [2.05, 4.69) is 10.1 Å². The molecule has 3 rings (SSSR count). The molecule has 0 saturated carbocycles. The van der Waals surface area contributed by atoms with Gasteiger partial charge in [-0.3, -0.25) is 4.68 Å². The van der Waals surface area contributed by atoms with E-state index in [0.29, 0.717) is 6.42 Å². The molecule has 3 aromatic rings. The average Bonchev–Trinajstić information content (AvgIpc) is 2.94. The molecular weight excluding hydrogens is 246 g/mol. The highest BCUT2D eigenvalue weighted by Crippen LogP contribution is 2.25. The summed E-state index contributed by atoms with van der Waals surface area (Å²) >= 11 is 1.63. The normalized spacial score (nSPS) is 13.0. The molecule has 2 heterocycles. The third kappa shape index (κ3) is 2.02. The maximum atomic E-state index is 10.2. The summed E-state index contributed by atoms with van der Waals surface area (Å²) in [7, 11) is 1.83. The second-order valence-electron chi connectivity index (χ2n) is 4.17. The van der Waals surface area contributed by atoms with Crippen molar-refractivity contribution in [1.82, 2.24) is 14.8 Å². The first kappa shape index (κ1) is 11.4. The molecule has 18 heavy (non-hydrogen) atoms. The Morgan fingerprint density at radius 3 is 2.89 bits per heavy atom. The van der Waals surface area contributed by atoms with Gasteiger partial charge in [0.2, 0.25) is 0 Å². The van der Waals surface area contributed by atoms with E-state index < -0.39 is 6.10 Å². The van der Waals surface area contributed by atoms with Crippen LogP contribution in [0, 0.1) is 0 Å². The van der Waals surface area contributed by atoms with Crippen LogP contribution in [0.25, 0.3) is 10.2 Å². The van der Waals surface area contributed by atoms with Gasteiger partial charge in [-0.2, -0.15) is 5.10 Å². The van der Waals surface area contributed by atoms with E-state index in [0.717, 1.165) is 20.9 Å². The van der Waals surface area contributed by atoms with Crippen molar-refractivity contribution in [3.8, 4) is 0 Å². The summed E-state index contributed by atoms with van der Waals surface area (Å²) in [4.78, 5) is 4.52. The summed E-state index contributed by atoms with van der Waals surface area (Å²) < 4.78 is 2.85. The van der Waals surface area contributed by atoms with Crippen LogP contribution in [0.15, 0.2) is 36.5 Å². The number of aromatic nitrogens is 3. The maximum Gasteiger partial charge on any atom is 0.102 e. The van der Waals surface area contributed by atoms with Crippen LogP contribution in [0.5, 0.6) is 0 Å². The predicted octanol–water partition coefficient (Wildman–Crippen LogP) is 2.31. The molecule has 1 aromatic carbocycles. The number of aryl methyl sites for hydroxylation is 1. The highest BCUT2D eigenvalue weighted by Gasteiger charge is 2.14. The van der Waals surface area contributed by atoms with Gasteiger partial charge >= 0.3 is 0 Å². The maximum absolute atomic E-state index is 10.2. The number of nitrogens with zero attached hydrogens (tertiary/aromatic N) is 3. The lowest BCUT2D eigenvalue weighted by Crippen LogP contribution is -2.07. The first-order valence-corrected chi connectivity index (χ1v) is 6.56. The number of hydrogen-bond acceptors (Lipinski definition) is 4. The molecule has 0 amide bonds. The molecule has 0 aliphatic heterocycles. The molecule has 0 aliphatic carbocycles. The van der Waals surface area contributed by atoms with Gasteiger partial charge in [0.15, 0.2) is 0 Å². The van der Waals surface area contributed by atoms with E-state index in [9.17, 15) is 5.11 Å². The zero-order chi connectivity index (χ0) is 12.5. The Kier molecular flexibility index (Phi) is 2.85. The van der Waals surface area contributed by atoms with E-state index in [1.807, 2.05) is 37.4 Å². The smallest absolute Gasteiger partial charge is 0.102 e. The summed E-state index contributed by atoms with van der Waals surface area (Å²) in [5.74, 6) is 0. The van der Waals surface area contributed by atoms with Crippen molar-refractivity contribution >= 4 is 21.6 Å². The Hall–Kier alpha value is -1.72. The van der Waals surface area contributed by atoms with Crippen LogP contribution in [0.4, 0.5) is 0 Å². The Bertz CT molecular complexity index is 640. The van der Waals surface area contributed by atoms with E-state index in [-0.39, 0.29) is 0 Å². The van der Waals surface area contributed by atoms with E-state index in [1.54, 1.807) is 22.2 Å². The zero-order valence-corrected chi connectivity index (χ0v) is 10.8. The summed E-state index contributed by atoms with van der Waals surface area (Å²) in [6, 6.07) is 9.85. The minimum Gasteiger partial charge on any atom is -0.386 e. The largest absolute Gasteiger partial charge is 0.386 e. The number of aliphatic hydroxyl groups excluding tert-OH is 1. The van der Waals surface area contributed by atoms with Crippen molar-refractivity contribution in [1.29, 1.82) is 0 Å². The average molecular weight is 259 g/mol. The van der Waals surface area contributed by atoms with E-state index in [1.165, 1.54) is 0 Å². The van der Waals surface area contributed by atoms with Crippen molar-refractivity contribution in [3.05, 3.63) is 47.2 Å². The van der Waals surface area contributed by atoms with Crippen molar-refractivity contribution in [2.45, 2.75) is 12.5 Å². The highest BCUT2D eigenvalue weighted by atomic mass is 32.1. The summed E-state index contributed by atoms with van der Waals surface area (Å²) in [5, 5.41) is 15.2. The number of fused-ring (bicyclic) bond motifs is 1. The fourth-order valence-corrected chi connectivity index (χ4v) is 2.99. The standard InChI is InChI=1S/C13H13N3OS/c1-16-10(6-7-14-16)11(17)8-13-15-9-4-2-3-5-12(9)18-13/h2-7,11,17H,8H2,1H3. The van der Waals surface area contributed by atoms with Gasteiger partial charge in [0.25, 0.3) is 0 Å². The van der Waals surface area contributed by atoms with Crippen LogP contribution in [0.1, 0.15) is 16.8 Å². The number of thiazole rings is 1. The van der Waals surface area contributed by atoms with Crippen LogP contribution in [-0.2, 0) is 13.5 Å². The minimum absolute atomic E-state index is 0.527. The third-order valence-electron chi connectivity index (χ3n) is 2.91. The Morgan fingerprint density at radius 2 is 2.17 bits per heavy atom. The monoisotopic (exact) mass is 259 g/mol. The molecule has 0 saturated heterocycles. The molecule has 0 bridgehead atoms. The summed E-state index contributed by atoms with van der Waals surface area (Å²) in [6.07, 6.45) is 1.66. The number of aliphatic hydroxyl groups is 1. The second kappa shape index (κ2) is 4.51. The van der Waals surface area contributed by atoms with Gasteiger partial charge in [0.1, 0.15) is 6.10 Å². The van der Waals surface area contributed by atoms with Gasteiger partial charge in [-0.05, 0) is 18.2 Å². The molecule has 0 fully saturated rings. The number of hydrogen-bond donors (Lipinski definition) is 1. The van der Waals surface area contributed by atoms with Gasteiger partial charge in [0, 0.05) is 19.7 Å². The summed E-state index contributed by atoms with van der Waals surface area (Å²) in [5.41, 5.74) is 1.81.